The lowest BCUT2D eigenvalue weighted by atomic mass is 9.98. The first kappa shape index (κ1) is 13.5. The molecule has 0 unspecified atom stereocenters. The van der Waals surface area contributed by atoms with E-state index in [1.807, 2.05) is 6.07 Å². The summed E-state index contributed by atoms with van der Waals surface area (Å²) in [5.41, 5.74) is 1.68. The van der Waals surface area contributed by atoms with Gasteiger partial charge in [-0.2, -0.15) is 0 Å². The highest BCUT2D eigenvalue weighted by atomic mass is 19.1. The number of benzene rings is 1. The van der Waals surface area contributed by atoms with Crippen molar-refractivity contribution in [2.24, 2.45) is 0 Å². The minimum Gasteiger partial charge on any atom is -0.380 e. The number of nitrogens with zero attached hydrogens (tertiary/aromatic N) is 1. The van der Waals surface area contributed by atoms with Crippen LogP contribution in [0.5, 0.6) is 0 Å². The molecule has 5 heteroatoms. The Balaban J connectivity index is 1.71. The maximum atomic E-state index is 13.8. The predicted octanol–water partition coefficient (Wildman–Crippen LogP) is 1.09. The van der Waals surface area contributed by atoms with Crippen LogP contribution in [0.1, 0.15) is 17.5 Å². The van der Waals surface area contributed by atoms with Crippen LogP contribution in [-0.4, -0.2) is 43.2 Å². The molecule has 0 bridgehead atoms. The minimum absolute atomic E-state index is 0.0541. The number of carbonyl (C=O) groups excluding carboxylic acids is 1. The van der Waals surface area contributed by atoms with E-state index in [2.05, 4.69) is 5.32 Å². The molecule has 1 aromatic rings. The van der Waals surface area contributed by atoms with E-state index in [0.717, 1.165) is 12.0 Å². The summed E-state index contributed by atoms with van der Waals surface area (Å²) in [5.74, 6) is -0.160. The van der Waals surface area contributed by atoms with E-state index in [4.69, 9.17) is 4.74 Å². The lowest BCUT2D eigenvalue weighted by Crippen LogP contribution is -2.45. The number of ether oxygens (including phenoxy) is 1. The van der Waals surface area contributed by atoms with Gasteiger partial charge in [0.1, 0.15) is 5.82 Å². The molecule has 0 spiro atoms. The Morgan fingerprint density at radius 1 is 1.50 bits per heavy atom. The molecule has 0 aliphatic carbocycles. The van der Waals surface area contributed by atoms with Gasteiger partial charge >= 0.3 is 0 Å². The van der Waals surface area contributed by atoms with Gasteiger partial charge in [-0.15, -0.1) is 0 Å². The Morgan fingerprint density at radius 2 is 2.35 bits per heavy atom. The second kappa shape index (κ2) is 5.50. The fraction of sp³-hybridized carbons (Fsp3) is 0.533. The summed E-state index contributed by atoms with van der Waals surface area (Å²) in [4.78, 5) is 14.2. The van der Waals surface area contributed by atoms with Crippen LogP contribution in [0.3, 0.4) is 0 Å². The van der Waals surface area contributed by atoms with E-state index in [0.29, 0.717) is 31.6 Å². The zero-order valence-electron chi connectivity index (χ0n) is 11.6. The van der Waals surface area contributed by atoms with Crippen LogP contribution in [0, 0.1) is 5.82 Å². The summed E-state index contributed by atoms with van der Waals surface area (Å²) in [7, 11) is 1.66. The number of amides is 1. The monoisotopic (exact) mass is 278 g/mol. The van der Waals surface area contributed by atoms with E-state index in [1.165, 1.54) is 6.07 Å². The van der Waals surface area contributed by atoms with Crippen LogP contribution >= 0.6 is 0 Å². The molecular formula is C15H19FN2O2. The molecular weight excluding hydrogens is 259 g/mol. The number of fused-ring (bicyclic) bond motifs is 1. The standard InChI is InChI=1S/C15H19FN2O2/c1-20-11-7-14(17-8-11)15(19)18-6-5-10-3-2-4-13(16)12(10)9-18/h2-4,11,14,17H,5-9H2,1H3/t11-,14-/m1/s1. The molecule has 2 heterocycles. The number of carbonyl (C=O) groups is 1. The Hall–Kier alpha value is -1.46. The summed E-state index contributed by atoms with van der Waals surface area (Å²) >= 11 is 0. The van der Waals surface area contributed by atoms with Crippen molar-refractivity contribution in [3.63, 3.8) is 0 Å². The molecule has 2 atom stereocenters. The highest BCUT2D eigenvalue weighted by Gasteiger charge is 2.33. The average molecular weight is 278 g/mol. The maximum absolute atomic E-state index is 13.8. The second-order valence-corrected chi connectivity index (χ2v) is 5.44. The smallest absolute Gasteiger partial charge is 0.240 e. The quantitative estimate of drug-likeness (QED) is 0.880. The molecule has 2 aliphatic rings. The van der Waals surface area contributed by atoms with Gasteiger partial charge in [-0.25, -0.2) is 4.39 Å². The van der Waals surface area contributed by atoms with Crippen LogP contribution in [0.25, 0.3) is 0 Å². The van der Waals surface area contributed by atoms with Gasteiger partial charge in [0.25, 0.3) is 0 Å². The topological polar surface area (TPSA) is 41.6 Å². The Labute approximate surface area is 117 Å². The number of halogens is 1. The van der Waals surface area contributed by atoms with E-state index < -0.39 is 0 Å². The van der Waals surface area contributed by atoms with E-state index in [-0.39, 0.29) is 23.9 Å². The van der Waals surface area contributed by atoms with Gasteiger partial charge in [-0.3, -0.25) is 4.79 Å². The predicted molar refractivity (Wildman–Crippen MR) is 72.7 cm³/mol. The van der Waals surface area contributed by atoms with Gasteiger partial charge in [0.2, 0.25) is 5.91 Å². The molecule has 20 heavy (non-hydrogen) atoms. The molecule has 4 nitrogen and oxygen atoms in total. The lowest BCUT2D eigenvalue weighted by molar-refractivity contribution is -0.134. The molecule has 0 saturated carbocycles. The number of methoxy groups -OCH3 is 1. The molecule has 1 N–H and O–H groups in total. The molecule has 0 aromatic heterocycles. The first-order valence-corrected chi connectivity index (χ1v) is 7.00. The van der Waals surface area contributed by atoms with Gasteiger partial charge in [0, 0.05) is 32.3 Å². The Bertz CT molecular complexity index is 521. The molecule has 1 amide bonds. The van der Waals surface area contributed by atoms with Crippen molar-refractivity contribution in [3.8, 4) is 0 Å². The second-order valence-electron chi connectivity index (χ2n) is 5.44. The fourth-order valence-corrected chi connectivity index (χ4v) is 3.02. The zero-order chi connectivity index (χ0) is 14.1. The summed E-state index contributed by atoms with van der Waals surface area (Å²) in [6.07, 6.45) is 1.51. The van der Waals surface area contributed by atoms with Crippen molar-refractivity contribution in [2.75, 3.05) is 20.2 Å². The molecule has 2 aliphatic heterocycles. The third-order valence-corrected chi connectivity index (χ3v) is 4.25. The first-order valence-electron chi connectivity index (χ1n) is 7.00. The largest absolute Gasteiger partial charge is 0.380 e. The highest BCUT2D eigenvalue weighted by molar-refractivity contribution is 5.82. The highest BCUT2D eigenvalue weighted by Crippen LogP contribution is 2.23. The van der Waals surface area contributed by atoms with Crippen molar-refractivity contribution in [2.45, 2.75) is 31.5 Å². The van der Waals surface area contributed by atoms with Crippen LogP contribution in [0.2, 0.25) is 0 Å². The maximum Gasteiger partial charge on any atom is 0.240 e. The number of hydrogen-bond donors (Lipinski definition) is 1. The van der Waals surface area contributed by atoms with E-state index in [9.17, 15) is 9.18 Å². The lowest BCUT2D eigenvalue weighted by Gasteiger charge is -2.31. The summed E-state index contributed by atoms with van der Waals surface area (Å²) in [5, 5.41) is 3.18. The van der Waals surface area contributed by atoms with Gasteiger partial charge in [0.15, 0.2) is 0 Å². The van der Waals surface area contributed by atoms with Gasteiger partial charge in [-0.1, -0.05) is 12.1 Å². The Morgan fingerprint density at radius 3 is 3.10 bits per heavy atom. The van der Waals surface area contributed by atoms with Crippen LogP contribution in [0.4, 0.5) is 4.39 Å². The van der Waals surface area contributed by atoms with Crippen LogP contribution in [0.15, 0.2) is 18.2 Å². The minimum atomic E-state index is -0.214. The fourth-order valence-electron chi connectivity index (χ4n) is 3.02. The van der Waals surface area contributed by atoms with Crippen molar-refractivity contribution in [1.82, 2.24) is 10.2 Å². The van der Waals surface area contributed by atoms with Crippen LogP contribution < -0.4 is 5.32 Å². The summed E-state index contributed by atoms with van der Waals surface area (Å²) in [6, 6.07) is 4.93. The van der Waals surface area contributed by atoms with Crippen molar-refractivity contribution in [1.29, 1.82) is 0 Å². The zero-order valence-corrected chi connectivity index (χ0v) is 11.6. The molecule has 1 aromatic carbocycles. The van der Waals surface area contributed by atoms with Crippen molar-refractivity contribution < 1.29 is 13.9 Å². The normalized spacial score (nSPS) is 25.6. The molecule has 3 rings (SSSR count). The third-order valence-electron chi connectivity index (χ3n) is 4.25. The Kier molecular flexibility index (Phi) is 3.72. The van der Waals surface area contributed by atoms with Crippen molar-refractivity contribution in [3.05, 3.63) is 35.1 Å². The number of hydrogen-bond acceptors (Lipinski definition) is 3. The third kappa shape index (κ3) is 2.43. The molecule has 108 valence electrons. The number of nitrogens with one attached hydrogen (secondary N) is 1. The molecule has 0 radical (unpaired) electrons. The van der Waals surface area contributed by atoms with Gasteiger partial charge in [-0.05, 0) is 24.5 Å². The summed E-state index contributed by atoms with van der Waals surface area (Å²) < 4.78 is 19.1. The van der Waals surface area contributed by atoms with Gasteiger partial charge in [0.05, 0.1) is 12.1 Å². The first-order chi connectivity index (χ1) is 9.69. The molecule has 1 saturated heterocycles. The van der Waals surface area contributed by atoms with E-state index in [1.54, 1.807) is 18.1 Å². The summed E-state index contributed by atoms with van der Waals surface area (Å²) in [6.45, 7) is 1.73. The SMILES string of the molecule is CO[C@H]1CN[C@@H](C(=O)N2CCc3cccc(F)c3C2)C1. The number of rotatable bonds is 2. The molecule has 1 fully saturated rings. The van der Waals surface area contributed by atoms with Crippen molar-refractivity contribution >= 4 is 5.91 Å². The van der Waals surface area contributed by atoms with E-state index >= 15 is 0 Å². The average Bonchev–Trinajstić information content (AvgIpc) is 2.95. The van der Waals surface area contributed by atoms with Crippen LogP contribution in [-0.2, 0) is 22.5 Å². The van der Waals surface area contributed by atoms with Gasteiger partial charge < -0.3 is 15.0 Å².